The lowest BCUT2D eigenvalue weighted by atomic mass is 10.6. The smallest absolute Gasteiger partial charge is 0.222 e. The Labute approximate surface area is 81.0 Å². The van der Waals surface area contributed by atoms with E-state index in [1.807, 2.05) is 17.9 Å². The molecule has 1 aromatic rings. The van der Waals surface area contributed by atoms with Gasteiger partial charge in [0, 0.05) is 13.1 Å². The summed E-state index contributed by atoms with van der Waals surface area (Å²) in [4.78, 5) is 14.6. The van der Waals surface area contributed by atoms with E-state index in [2.05, 4.69) is 10.3 Å². The zero-order valence-electron chi connectivity index (χ0n) is 7.52. The molecule has 1 aromatic heterocycles. The van der Waals surface area contributed by atoms with Crippen LogP contribution in [-0.4, -0.2) is 21.7 Å². The number of carbonyl (C=O) groups is 1. The number of amides is 1. The average Bonchev–Trinajstić information content (AvgIpc) is 2.48. The molecule has 0 atom stereocenters. The van der Waals surface area contributed by atoms with E-state index in [0.717, 1.165) is 0 Å². The monoisotopic (exact) mass is 197 g/mol. The van der Waals surface area contributed by atoms with Gasteiger partial charge in [0.15, 0.2) is 5.82 Å². The van der Waals surface area contributed by atoms with Gasteiger partial charge in [0.25, 0.3) is 0 Å². The molecule has 4 nitrogen and oxygen atoms in total. The molecule has 1 rings (SSSR count). The Bertz CT molecular complexity index is 319. The highest BCUT2D eigenvalue weighted by molar-refractivity contribution is 8.01. The van der Waals surface area contributed by atoms with Crippen molar-refractivity contribution in [2.75, 3.05) is 11.6 Å². The number of nitrogens with one attached hydrogen (secondary N) is 1. The van der Waals surface area contributed by atoms with Crippen molar-refractivity contribution in [1.29, 1.82) is 0 Å². The van der Waals surface area contributed by atoms with Crippen molar-refractivity contribution < 1.29 is 4.79 Å². The minimum atomic E-state index is -0.112. The maximum atomic E-state index is 10.7. The summed E-state index contributed by atoms with van der Waals surface area (Å²) in [6.45, 7) is 1.46. The maximum absolute atomic E-state index is 10.7. The van der Waals surface area contributed by atoms with Gasteiger partial charge in [-0.05, 0) is 11.7 Å². The van der Waals surface area contributed by atoms with Crippen LogP contribution in [0.2, 0.25) is 0 Å². The van der Waals surface area contributed by atoms with E-state index in [-0.39, 0.29) is 5.91 Å². The van der Waals surface area contributed by atoms with Gasteiger partial charge >= 0.3 is 0 Å². The third kappa shape index (κ3) is 3.33. The van der Waals surface area contributed by atoms with E-state index in [4.69, 9.17) is 0 Å². The first kappa shape index (κ1) is 9.85. The number of imidazole rings is 1. The summed E-state index contributed by atoms with van der Waals surface area (Å²) in [6, 6.07) is 0. The van der Waals surface area contributed by atoms with Crippen LogP contribution in [0.15, 0.2) is 17.9 Å². The molecule has 1 heterocycles. The van der Waals surface area contributed by atoms with Crippen molar-refractivity contribution in [1.82, 2.24) is 9.55 Å². The Morgan fingerprint density at radius 1 is 1.77 bits per heavy atom. The fourth-order valence-corrected chi connectivity index (χ4v) is 1.06. The lowest BCUT2D eigenvalue weighted by molar-refractivity contribution is -0.114. The molecule has 0 fully saturated rings. The van der Waals surface area contributed by atoms with Crippen molar-refractivity contribution in [2.24, 2.45) is 0 Å². The van der Waals surface area contributed by atoms with Gasteiger partial charge in [-0.25, -0.2) is 4.98 Å². The number of nitrogens with zero attached hydrogens (tertiary/aromatic N) is 2. The second-order valence-corrected chi connectivity index (χ2v) is 3.15. The van der Waals surface area contributed by atoms with Gasteiger partial charge in [-0.1, -0.05) is 0 Å². The molecule has 0 aliphatic heterocycles. The highest BCUT2D eigenvalue weighted by atomic mass is 32.2. The molecule has 13 heavy (non-hydrogen) atoms. The standard InChI is InChI=1S/C8H11N3OS/c1-7(12)10-8-5-11(6-9-8)3-4-13-2/h3-6H,1-2H3,(H,10,12)/b4-3-. The predicted octanol–water partition coefficient (Wildman–Crippen LogP) is 1.63. The van der Waals surface area contributed by atoms with Gasteiger partial charge in [0.2, 0.25) is 5.91 Å². The van der Waals surface area contributed by atoms with Crippen LogP contribution in [0.1, 0.15) is 6.92 Å². The van der Waals surface area contributed by atoms with Crippen molar-refractivity contribution >= 4 is 29.7 Å². The van der Waals surface area contributed by atoms with E-state index in [9.17, 15) is 4.79 Å². The van der Waals surface area contributed by atoms with Crippen molar-refractivity contribution in [3.05, 3.63) is 17.9 Å². The minimum absolute atomic E-state index is 0.112. The average molecular weight is 197 g/mol. The topological polar surface area (TPSA) is 46.9 Å². The first-order valence-corrected chi connectivity index (χ1v) is 5.01. The molecule has 0 bridgehead atoms. The van der Waals surface area contributed by atoms with E-state index in [1.54, 1.807) is 28.9 Å². The van der Waals surface area contributed by atoms with E-state index >= 15 is 0 Å². The van der Waals surface area contributed by atoms with Crippen LogP contribution >= 0.6 is 11.8 Å². The number of aromatic nitrogens is 2. The van der Waals surface area contributed by atoms with Crippen molar-refractivity contribution in [3.63, 3.8) is 0 Å². The molecule has 0 aliphatic rings. The molecular weight excluding hydrogens is 186 g/mol. The molecule has 0 saturated heterocycles. The summed E-state index contributed by atoms with van der Waals surface area (Å²) in [5.74, 6) is 0.456. The normalized spacial score (nSPS) is 10.6. The molecule has 5 heteroatoms. The largest absolute Gasteiger partial charge is 0.310 e. The lowest BCUT2D eigenvalue weighted by Gasteiger charge is -1.92. The summed E-state index contributed by atoms with van der Waals surface area (Å²) >= 11 is 1.60. The highest BCUT2D eigenvalue weighted by Crippen LogP contribution is 2.04. The number of anilines is 1. The van der Waals surface area contributed by atoms with Crippen LogP contribution in [0.5, 0.6) is 0 Å². The van der Waals surface area contributed by atoms with Crippen LogP contribution in [0.25, 0.3) is 6.20 Å². The summed E-state index contributed by atoms with van der Waals surface area (Å²) in [5, 5.41) is 4.52. The summed E-state index contributed by atoms with van der Waals surface area (Å²) in [6.07, 6.45) is 7.22. The molecule has 0 saturated carbocycles. The van der Waals surface area contributed by atoms with E-state index in [0.29, 0.717) is 5.82 Å². The zero-order valence-corrected chi connectivity index (χ0v) is 8.34. The van der Waals surface area contributed by atoms with Gasteiger partial charge in [-0.15, -0.1) is 11.8 Å². The molecule has 0 spiro atoms. The Kier molecular flexibility index (Phi) is 3.57. The molecule has 70 valence electrons. The van der Waals surface area contributed by atoms with Crippen LogP contribution in [-0.2, 0) is 4.79 Å². The van der Waals surface area contributed by atoms with E-state index < -0.39 is 0 Å². The van der Waals surface area contributed by atoms with Gasteiger partial charge in [-0.3, -0.25) is 4.79 Å². The number of rotatable bonds is 3. The summed E-state index contributed by atoms with van der Waals surface area (Å²) in [5.41, 5.74) is 0. The van der Waals surface area contributed by atoms with Gasteiger partial charge in [0.1, 0.15) is 6.33 Å². The lowest BCUT2D eigenvalue weighted by Crippen LogP contribution is -2.05. The first-order valence-electron chi connectivity index (χ1n) is 3.73. The Morgan fingerprint density at radius 3 is 3.15 bits per heavy atom. The van der Waals surface area contributed by atoms with Crippen LogP contribution in [0.3, 0.4) is 0 Å². The quantitative estimate of drug-likeness (QED) is 0.801. The van der Waals surface area contributed by atoms with Crippen LogP contribution in [0.4, 0.5) is 5.82 Å². The number of hydrogen-bond donors (Lipinski definition) is 1. The SMILES string of the molecule is CS/C=C\n1cnc(NC(C)=O)c1. The number of thioether (sulfide) groups is 1. The molecule has 0 radical (unpaired) electrons. The summed E-state index contributed by atoms with van der Waals surface area (Å²) < 4.78 is 1.78. The van der Waals surface area contributed by atoms with Gasteiger partial charge in [-0.2, -0.15) is 0 Å². The Hall–Kier alpha value is -1.23. The fourth-order valence-electron chi connectivity index (χ4n) is 0.794. The van der Waals surface area contributed by atoms with Crippen molar-refractivity contribution in [3.8, 4) is 0 Å². The minimum Gasteiger partial charge on any atom is -0.310 e. The first-order chi connectivity index (χ1) is 6.22. The molecule has 0 unspecified atom stereocenters. The molecule has 0 aromatic carbocycles. The maximum Gasteiger partial charge on any atom is 0.222 e. The van der Waals surface area contributed by atoms with Gasteiger partial charge in [0.05, 0.1) is 6.20 Å². The molecule has 1 amide bonds. The Morgan fingerprint density at radius 2 is 2.54 bits per heavy atom. The Balaban J connectivity index is 2.63. The van der Waals surface area contributed by atoms with Crippen LogP contribution in [0, 0.1) is 0 Å². The van der Waals surface area contributed by atoms with Gasteiger partial charge < -0.3 is 9.88 Å². The summed E-state index contributed by atoms with van der Waals surface area (Å²) in [7, 11) is 0. The third-order valence-electron chi connectivity index (χ3n) is 1.27. The highest BCUT2D eigenvalue weighted by Gasteiger charge is 1.97. The second kappa shape index (κ2) is 4.71. The number of carbonyl (C=O) groups excluding carboxylic acids is 1. The van der Waals surface area contributed by atoms with Crippen LogP contribution < -0.4 is 5.32 Å². The number of hydrogen-bond acceptors (Lipinski definition) is 3. The predicted molar refractivity (Wildman–Crippen MR) is 55.4 cm³/mol. The zero-order chi connectivity index (χ0) is 9.68. The molecular formula is C8H11N3OS. The van der Waals surface area contributed by atoms with E-state index in [1.165, 1.54) is 6.92 Å². The third-order valence-corrected chi connectivity index (χ3v) is 1.67. The van der Waals surface area contributed by atoms with Crippen molar-refractivity contribution in [2.45, 2.75) is 6.92 Å². The molecule has 1 N–H and O–H groups in total. The molecule has 0 aliphatic carbocycles. The second-order valence-electron chi connectivity index (χ2n) is 2.41. The fraction of sp³-hybridized carbons (Fsp3) is 0.250.